The van der Waals surface area contributed by atoms with E-state index in [0.29, 0.717) is 5.56 Å². The van der Waals surface area contributed by atoms with Crippen molar-refractivity contribution in [2.75, 3.05) is 30.3 Å². The summed E-state index contributed by atoms with van der Waals surface area (Å²) in [5.74, 6) is -0.0208. The van der Waals surface area contributed by atoms with Crippen LogP contribution in [0, 0.1) is 0 Å². The van der Waals surface area contributed by atoms with E-state index in [-0.39, 0.29) is 18.4 Å². The van der Waals surface area contributed by atoms with Crippen LogP contribution in [0.5, 0.6) is 0 Å². The van der Waals surface area contributed by atoms with Gasteiger partial charge in [-0.1, -0.05) is 43.2 Å². The Bertz CT molecular complexity index is 1020. The van der Waals surface area contributed by atoms with Crippen LogP contribution in [-0.2, 0) is 4.79 Å². The van der Waals surface area contributed by atoms with Crippen molar-refractivity contribution >= 4 is 34.0 Å². The van der Waals surface area contributed by atoms with Crippen LogP contribution >= 0.6 is 0 Å². The fourth-order valence-electron chi connectivity index (χ4n) is 3.84. The summed E-state index contributed by atoms with van der Waals surface area (Å²) in [5.41, 5.74) is 2.29. The highest BCUT2D eigenvalue weighted by molar-refractivity contribution is 5.97. The average Bonchev–Trinajstić information content (AvgIpc) is 3.07. The molecule has 0 radical (unpaired) electrons. The minimum atomic E-state index is -0.116. The Labute approximate surface area is 177 Å². The summed E-state index contributed by atoms with van der Waals surface area (Å²) < 4.78 is 0. The third kappa shape index (κ3) is 4.98. The van der Waals surface area contributed by atoms with Crippen LogP contribution in [0.15, 0.2) is 66.7 Å². The van der Waals surface area contributed by atoms with Crippen LogP contribution in [0.25, 0.3) is 10.8 Å². The van der Waals surface area contributed by atoms with Gasteiger partial charge in [-0.15, -0.1) is 0 Å². The van der Waals surface area contributed by atoms with Gasteiger partial charge in [-0.3, -0.25) is 9.59 Å². The van der Waals surface area contributed by atoms with Crippen LogP contribution in [0.1, 0.15) is 36.0 Å². The Hall–Kier alpha value is -3.34. The van der Waals surface area contributed by atoms with Crippen molar-refractivity contribution in [3.05, 3.63) is 72.3 Å². The maximum absolute atomic E-state index is 12.7. The molecule has 5 nitrogen and oxygen atoms in total. The maximum atomic E-state index is 12.7. The molecular weight excluding hydrogens is 374 g/mol. The zero-order valence-electron chi connectivity index (χ0n) is 17.1. The normalized spacial score (nSPS) is 14.2. The predicted octanol–water partition coefficient (Wildman–Crippen LogP) is 4.91. The summed E-state index contributed by atoms with van der Waals surface area (Å²) in [6, 6.07) is 21.3. The van der Waals surface area contributed by atoms with Crippen LogP contribution in [0.4, 0.5) is 11.4 Å². The van der Waals surface area contributed by atoms with E-state index in [1.807, 2.05) is 71.6 Å². The highest BCUT2D eigenvalue weighted by Gasteiger charge is 2.17. The van der Waals surface area contributed by atoms with Crippen molar-refractivity contribution in [1.82, 2.24) is 4.90 Å². The van der Waals surface area contributed by atoms with E-state index in [0.717, 1.165) is 48.1 Å². The van der Waals surface area contributed by atoms with Crippen LogP contribution in [0.3, 0.4) is 0 Å². The summed E-state index contributed by atoms with van der Waals surface area (Å²) in [7, 11) is 0. The van der Waals surface area contributed by atoms with Crippen LogP contribution in [0.2, 0.25) is 0 Å². The topological polar surface area (TPSA) is 61.4 Å². The lowest BCUT2D eigenvalue weighted by Crippen LogP contribution is -2.31. The summed E-state index contributed by atoms with van der Waals surface area (Å²) in [6.07, 6.45) is 4.57. The minimum Gasteiger partial charge on any atom is -0.376 e. The van der Waals surface area contributed by atoms with Crippen molar-refractivity contribution in [2.24, 2.45) is 0 Å². The fraction of sp³-hybridized carbons (Fsp3) is 0.280. The lowest BCUT2D eigenvalue weighted by Gasteiger charge is -2.20. The number of rotatable bonds is 5. The van der Waals surface area contributed by atoms with Gasteiger partial charge in [0.1, 0.15) is 0 Å². The predicted molar refractivity (Wildman–Crippen MR) is 122 cm³/mol. The Morgan fingerprint density at radius 1 is 0.767 bits per heavy atom. The maximum Gasteiger partial charge on any atom is 0.253 e. The first kappa shape index (κ1) is 20.0. The monoisotopic (exact) mass is 401 g/mol. The van der Waals surface area contributed by atoms with E-state index in [9.17, 15) is 9.59 Å². The number of anilines is 2. The van der Waals surface area contributed by atoms with Crippen LogP contribution in [-0.4, -0.2) is 36.3 Å². The first-order valence-corrected chi connectivity index (χ1v) is 10.6. The second-order valence-corrected chi connectivity index (χ2v) is 7.75. The van der Waals surface area contributed by atoms with Gasteiger partial charge in [0.05, 0.1) is 6.54 Å². The van der Waals surface area contributed by atoms with Crippen LogP contribution < -0.4 is 10.6 Å². The molecule has 0 bridgehead atoms. The largest absolute Gasteiger partial charge is 0.376 e. The highest BCUT2D eigenvalue weighted by atomic mass is 16.2. The lowest BCUT2D eigenvalue weighted by molar-refractivity contribution is -0.114. The van der Waals surface area contributed by atoms with Gasteiger partial charge in [0.25, 0.3) is 5.91 Å². The van der Waals surface area contributed by atoms with Gasteiger partial charge in [-0.25, -0.2) is 0 Å². The number of carbonyl (C=O) groups is 2. The van der Waals surface area contributed by atoms with Gasteiger partial charge in [0, 0.05) is 30.0 Å². The fourth-order valence-corrected chi connectivity index (χ4v) is 3.84. The molecule has 1 saturated heterocycles. The minimum absolute atomic E-state index is 0.0949. The lowest BCUT2D eigenvalue weighted by atomic mass is 10.1. The molecule has 0 atom stereocenters. The van der Waals surface area contributed by atoms with Gasteiger partial charge in [0.2, 0.25) is 5.91 Å². The molecule has 3 aromatic rings. The third-order valence-corrected chi connectivity index (χ3v) is 5.51. The van der Waals surface area contributed by atoms with Crippen molar-refractivity contribution in [2.45, 2.75) is 25.7 Å². The Morgan fingerprint density at radius 2 is 1.43 bits per heavy atom. The molecule has 154 valence electrons. The van der Waals surface area contributed by atoms with Crippen molar-refractivity contribution in [1.29, 1.82) is 0 Å². The van der Waals surface area contributed by atoms with E-state index in [4.69, 9.17) is 0 Å². The molecule has 1 heterocycles. The van der Waals surface area contributed by atoms with Gasteiger partial charge >= 0.3 is 0 Å². The van der Waals surface area contributed by atoms with Crippen molar-refractivity contribution < 1.29 is 9.59 Å². The zero-order valence-corrected chi connectivity index (χ0v) is 17.1. The molecule has 0 unspecified atom stereocenters. The van der Waals surface area contributed by atoms with E-state index in [1.54, 1.807) is 0 Å². The standard InChI is InChI=1S/C25H27N3O2/c29-24(27-23-14-9-19-7-3-4-8-21(19)17-23)18-26-22-12-10-20(11-13-22)25(30)28-15-5-1-2-6-16-28/h3-4,7-14,17,26H,1-2,5-6,15-16,18H2,(H,27,29). The number of amides is 2. The molecule has 2 amide bonds. The Balaban J connectivity index is 1.30. The molecule has 0 saturated carbocycles. The molecule has 3 aromatic carbocycles. The van der Waals surface area contributed by atoms with Crippen molar-refractivity contribution in [3.8, 4) is 0 Å². The molecule has 1 fully saturated rings. The number of nitrogens with one attached hydrogen (secondary N) is 2. The smallest absolute Gasteiger partial charge is 0.253 e. The molecule has 30 heavy (non-hydrogen) atoms. The van der Waals surface area contributed by atoms with E-state index in [1.165, 1.54) is 12.8 Å². The number of fused-ring (bicyclic) bond motifs is 1. The quantitative estimate of drug-likeness (QED) is 0.639. The first-order valence-electron chi connectivity index (χ1n) is 10.6. The molecule has 0 aliphatic carbocycles. The second kappa shape index (κ2) is 9.44. The number of nitrogens with zero attached hydrogens (tertiary/aromatic N) is 1. The number of likely N-dealkylation sites (tertiary alicyclic amines) is 1. The summed E-state index contributed by atoms with van der Waals surface area (Å²) in [6.45, 7) is 1.84. The summed E-state index contributed by atoms with van der Waals surface area (Å²) in [5, 5.41) is 8.27. The van der Waals surface area contributed by atoms with Gasteiger partial charge < -0.3 is 15.5 Å². The molecule has 0 spiro atoms. The second-order valence-electron chi connectivity index (χ2n) is 7.75. The molecule has 2 N–H and O–H groups in total. The van der Waals surface area contributed by atoms with Gasteiger partial charge in [0.15, 0.2) is 0 Å². The van der Waals surface area contributed by atoms with E-state index >= 15 is 0 Å². The summed E-state index contributed by atoms with van der Waals surface area (Å²) >= 11 is 0. The molecule has 5 heteroatoms. The zero-order chi connectivity index (χ0) is 20.8. The Kier molecular flexibility index (Phi) is 6.28. The third-order valence-electron chi connectivity index (χ3n) is 5.51. The number of hydrogen-bond acceptors (Lipinski definition) is 3. The first-order chi connectivity index (χ1) is 14.7. The molecule has 1 aliphatic rings. The van der Waals surface area contributed by atoms with Gasteiger partial charge in [-0.2, -0.15) is 0 Å². The number of benzene rings is 3. The Morgan fingerprint density at radius 3 is 2.17 bits per heavy atom. The molecule has 1 aliphatic heterocycles. The average molecular weight is 402 g/mol. The van der Waals surface area contributed by atoms with Crippen molar-refractivity contribution in [3.63, 3.8) is 0 Å². The molecule has 0 aromatic heterocycles. The molecular formula is C25H27N3O2. The summed E-state index contributed by atoms with van der Waals surface area (Å²) in [4.78, 5) is 26.9. The SMILES string of the molecule is O=C(CNc1ccc(C(=O)N2CCCCCC2)cc1)Nc1ccc2ccccc2c1. The molecule has 4 rings (SSSR count). The van der Waals surface area contributed by atoms with E-state index < -0.39 is 0 Å². The highest BCUT2D eigenvalue weighted by Crippen LogP contribution is 2.19. The number of hydrogen-bond donors (Lipinski definition) is 2. The number of carbonyl (C=O) groups excluding carboxylic acids is 2. The van der Waals surface area contributed by atoms with Gasteiger partial charge in [-0.05, 0) is 60.0 Å². The van der Waals surface area contributed by atoms with E-state index in [2.05, 4.69) is 10.6 Å².